The number of aromatic nitrogens is 3. The van der Waals surface area contributed by atoms with Crippen molar-refractivity contribution >= 4 is 23.3 Å². The van der Waals surface area contributed by atoms with E-state index in [4.69, 9.17) is 5.11 Å². The predicted octanol–water partition coefficient (Wildman–Crippen LogP) is 2.22. The average molecular weight is 287 g/mol. The van der Waals surface area contributed by atoms with Crippen molar-refractivity contribution in [2.24, 2.45) is 0 Å². The van der Waals surface area contributed by atoms with E-state index in [-0.39, 0.29) is 11.7 Å². The maximum Gasteiger partial charge on any atom is 0.326 e. The number of phenols is 1. The number of rotatable bonds is 2. The van der Waals surface area contributed by atoms with Gasteiger partial charge in [-0.3, -0.25) is 5.32 Å². The summed E-state index contributed by atoms with van der Waals surface area (Å²) in [5.41, 5.74) is 0.913. The number of hydrogen-bond donors (Lipinski definition) is 3. The zero-order valence-electron chi connectivity index (χ0n) is 10.6. The van der Waals surface area contributed by atoms with Crippen molar-refractivity contribution in [2.45, 2.75) is 0 Å². The number of carbonyl (C=O) groups excluding carboxylic acids is 1. The number of benzene rings is 1. The molecule has 0 fully saturated rings. The monoisotopic (exact) mass is 287 g/mol. The second-order valence-electron chi connectivity index (χ2n) is 4.21. The molecule has 0 aliphatic carbocycles. The molecule has 0 aliphatic heterocycles. The first-order valence-corrected chi connectivity index (χ1v) is 5.99. The number of nitrogens with one attached hydrogen (secondary N) is 2. The van der Waals surface area contributed by atoms with Gasteiger partial charge in [-0.1, -0.05) is 0 Å². The van der Waals surface area contributed by atoms with Crippen LogP contribution in [0, 0.1) is 5.82 Å². The molecule has 106 valence electrons. The van der Waals surface area contributed by atoms with E-state index in [0.717, 1.165) is 6.20 Å². The SMILES string of the molecule is O=C(Nc1ccc(O)cc1)Nc1nc2ccc(F)cn2n1. The summed E-state index contributed by atoms with van der Waals surface area (Å²) in [6.45, 7) is 0. The van der Waals surface area contributed by atoms with Gasteiger partial charge in [0.25, 0.3) is 5.95 Å². The van der Waals surface area contributed by atoms with E-state index in [1.165, 1.54) is 28.8 Å². The van der Waals surface area contributed by atoms with Crippen LogP contribution in [-0.4, -0.2) is 25.7 Å². The van der Waals surface area contributed by atoms with E-state index in [2.05, 4.69) is 20.7 Å². The van der Waals surface area contributed by atoms with Gasteiger partial charge in [-0.25, -0.2) is 13.7 Å². The fourth-order valence-electron chi connectivity index (χ4n) is 1.72. The number of fused-ring (bicyclic) bond motifs is 1. The smallest absolute Gasteiger partial charge is 0.326 e. The predicted molar refractivity (Wildman–Crippen MR) is 73.7 cm³/mol. The lowest BCUT2D eigenvalue weighted by molar-refractivity contribution is 0.262. The Morgan fingerprint density at radius 1 is 1.14 bits per heavy atom. The van der Waals surface area contributed by atoms with Crippen LogP contribution in [0.1, 0.15) is 0 Å². The minimum Gasteiger partial charge on any atom is -0.508 e. The first kappa shape index (κ1) is 12.9. The molecule has 0 aliphatic rings. The van der Waals surface area contributed by atoms with Crippen molar-refractivity contribution in [1.82, 2.24) is 14.6 Å². The third kappa shape index (κ3) is 2.89. The Kier molecular flexibility index (Phi) is 3.11. The first-order chi connectivity index (χ1) is 10.1. The zero-order valence-corrected chi connectivity index (χ0v) is 10.6. The van der Waals surface area contributed by atoms with Gasteiger partial charge >= 0.3 is 6.03 Å². The molecule has 21 heavy (non-hydrogen) atoms. The van der Waals surface area contributed by atoms with Gasteiger partial charge in [-0.15, -0.1) is 5.10 Å². The molecular formula is C13H10FN5O2. The molecule has 2 amide bonds. The minimum absolute atomic E-state index is 0.0527. The number of aromatic hydroxyl groups is 1. The van der Waals surface area contributed by atoms with Crippen LogP contribution in [0.2, 0.25) is 0 Å². The summed E-state index contributed by atoms with van der Waals surface area (Å²) < 4.78 is 14.2. The number of amides is 2. The molecule has 0 bridgehead atoms. The maximum atomic E-state index is 13.0. The van der Waals surface area contributed by atoms with Crippen LogP contribution in [0.5, 0.6) is 5.75 Å². The highest BCUT2D eigenvalue weighted by atomic mass is 19.1. The Balaban J connectivity index is 1.72. The van der Waals surface area contributed by atoms with Crippen LogP contribution in [0.25, 0.3) is 5.65 Å². The Hall–Kier alpha value is -3.16. The van der Waals surface area contributed by atoms with Gasteiger partial charge in [-0.05, 0) is 36.4 Å². The standard InChI is InChI=1S/C13H10FN5O2/c14-8-1-6-11-16-12(18-19(11)7-8)17-13(21)15-9-2-4-10(20)5-3-9/h1-7,20H,(H2,15,17,18,21). The van der Waals surface area contributed by atoms with Crippen LogP contribution in [0.4, 0.5) is 20.8 Å². The fourth-order valence-corrected chi connectivity index (χ4v) is 1.72. The second-order valence-corrected chi connectivity index (χ2v) is 4.21. The van der Waals surface area contributed by atoms with Gasteiger partial charge in [0, 0.05) is 5.69 Å². The van der Waals surface area contributed by atoms with Crippen molar-refractivity contribution in [3.05, 3.63) is 48.4 Å². The summed E-state index contributed by atoms with van der Waals surface area (Å²) in [7, 11) is 0. The lowest BCUT2D eigenvalue weighted by atomic mass is 10.3. The molecule has 3 N–H and O–H groups in total. The van der Waals surface area contributed by atoms with Crippen molar-refractivity contribution < 1.29 is 14.3 Å². The molecule has 3 rings (SSSR count). The largest absolute Gasteiger partial charge is 0.508 e. The maximum absolute atomic E-state index is 13.0. The van der Waals surface area contributed by atoms with Gasteiger partial charge in [0.05, 0.1) is 6.20 Å². The van der Waals surface area contributed by atoms with Gasteiger partial charge in [0.2, 0.25) is 0 Å². The van der Waals surface area contributed by atoms with E-state index in [9.17, 15) is 9.18 Å². The molecule has 0 saturated carbocycles. The number of pyridine rings is 1. The molecule has 2 heterocycles. The van der Waals surface area contributed by atoms with Crippen molar-refractivity contribution in [1.29, 1.82) is 0 Å². The summed E-state index contributed by atoms with van der Waals surface area (Å²) in [6.07, 6.45) is 1.16. The van der Waals surface area contributed by atoms with Crippen LogP contribution in [0.3, 0.4) is 0 Å². The van der Waals surface area contributed by atoms with Gasteiger partial charge in [0.1, 0.15) is 11.6 Å². The highest BCUT2D eigenvalue weighted by Gasteiger charge is 2.08. The second kappa shape index (κ2) is 5.08. The Labute approximate surface area is 118 Å². The highest BCUT2D eigenvalue weighted by molar-refractivity contribution is 5.98. The molecular weight excluding hydrogens is 277 g/mol. The summed E-state index contributed by atoms with van der Waals surface area (Å²) >= 11 is 0. The Bertz CT molecular complexity index is 800. The molecule has 8 heteroatoms. The fraction of sp³-hybridized carbons (Fsp3) is 0. The minimum atomic E-state index is -0.544. The third-order valence-corrected chi connectivity index (χ3v) is 2.65. The van der Waals surface area contributed by atoms with Crippen molar-refractivity contribution in [2.75, 3.05) is 10.6 Å². The zero-order chi connectivity index (χ0) is 14.8. The van der Waals surface area contributed by atoms with Crippen LogP contribution < -0.4 is 10.6 Å². The van der Waals surface area contributed by atoms with Gasteiger partial charge in [0.15, 0.2) is 5.65 Å². The number of carbonyl (C=O) groups is 1. The molecule has 0 atom stereocenters. The lowest BCUT2D eigenvalue weighted by Gasteiger charge is -2.04. The summed E-state index contributed by atoms with van der Waals surface area (Å²) in [4.78, 5) is 15.8. The van der Waals surface area contributed by atoms with Crippen molar-refractivity contribution in [3.8, 4) is 5.75 Å². The molecule has 3 aromatic rings. The topological polar surface area (TPSA) is 91.5 Å². The average Bonchev–Trinajstić information content (AvgIpc) is 2.82. The molecule has 0 saturated heterocycles. The number of hydrogen-bond acceptors (Lipinski definition) is 4. The first-order valence-electron chi connectivity index (χ1n) is 5.99. The summed E-state index contributed by atoms with van der Waals surface area (Å²) in [5, 5.41) is 18.1. The van der Waals surface area contributed by atoms with E-state index in [1.54, 1.807) is 12.1 Å². The molecule has 1 aromatic carbocycles. The van der Waals surface area contributed by atoms with E-state index >= 15 is 0 Å². The number of nitrogens with zero attached hydrogens (tertiary/aromatic N) is 3. The van der Waals surface area contributed by atoms with Gasteiger partial charge < -0.3 is 10.4 Å². The lowest BCUT2D eigenvalue weighted by Crippen LogP contribution is -2.20. The number of halogens is 1. The molecule has 0 spiro atoms. The molecule has 7 nitrogen and oxygen atoms in total. The Morgan fingerprint density at radius 3 is 2.67 bits per heavy atom. The van der Waals surface area contributed by atoms with E-state index in [0.29, 0.717) is 11.3 Å². The Morgan fingerprint density at radius 2 is 1.90 bits per heavy atom. The number of anilines is 2. The number of urea groups is 1. The molecule has 0 radical (unpaired) electrons. The summed E-state index contributed by atoms with van der Waals surface area (Å²) in [6, 6.07) is 8.14. The molecule has 0 unspecified atom stereocenters. The normalized spacial score (nSPS) is 10.5. The van der Waals surface area contributed by atoms with Crippen molar-refractivity contribution in [3.63, 3.8) is 0 Å². The van der Waals surface area contributed by atoms with Gasteiger partial charge in [-0.2, -0.15) is 4.98 Å². The summed E-state index contributed by atoms with van der Waals surface area (Å²) in [5.74, 6) is -0.297. The van der Waals surface area contributed by atoms with E-state index < -0.39 is 11.8 Å². The van der Waals surface area contributed by atoms with Crippen LogP contribution in [0.15, 0.2) is 42.6 Å². The van der Waals surface area contributed by atoms with Crippen LogP contribution in [-0.2, 0) is 0 Å². The molecule has 2 aromatic heterocycles. The van der Waals surface area contributed by atoms with E-state index in [1.807, 2.05) is 0 Å². The quantitative estimate of drug-likeness (QED) is 0.630. The van der Waals surface area contributed by atoms with Crippen LogP contribution >= 0.6 is 0 Å². The number of phenolic OH excluding ortho intramolecular Hbond substituents is 1. The third-order valence-electron chi connectivity index (χ3n) is 2.65. The highest BCUT2D eigenvalue weighted by Crippen LogP contribution is 2.14.